The molecule has 176 valence electrons. The van der Waals surface area contributed by atoms with Crippen molar-refractivity contribution in [3.05, 3.63) is 78.6 Å². The predicted molar refractivity (Wildman–Crippen MR) is 128 cm³/mol. The first-order chi connectivity index (χ1) is 16.0. The third-order valence-corrected chi connectivity index (χ3v) is 5.10. The van der Waals surface area contributed by atoms with Gasteiger partial charge in [-0.1, -0.05) is 43.3 Å². The molecule has 0 aliphatic rings. The molecule has 1 atom stereocenters. The predicted octanol–water partition coefficient (Wildman–Crippen LogP) is 4.79. The molecule has 0 amide bonds. The number of nitrogens with zero attached hydrogens (tertiary/aromatic N) is 3. The number of benzene rings is 2. The molecule has 33 heavy (non-hydrogen) atoms. The number of aromatic nitrogens is 2. The second-order valence-electron chi connectivity index (χ2n) is 7.89. The lowest BCUT2D eigenvalue weighted by molar-refractivity contribution is 0.0245. The lowest BCUT2D eigenvalue weighted by Crippen LogP contribution is -2.35. The standard InChI is InChI=1S/C26H32FN3O3/c1-4-15-30(17-22(31)19-32-16-5-2)18-24-25(20-9-7-6-8-10-20)28-29(3)26(24)33-23-13-11-21(27)12-14-23/h5-14,22,31H,2,4,15-19H2,1,3H3. The Hall–Kier alpha value is -3.00. The second-order valence-corrected chi connectivity index (χ2v) is 7.89. The molecule has 0 aliphatic heterocycles. The van der Waals surface area contributed by atoms with E-state index in [0.29, 0.717) is 31.3 Å². The van der Waals surface area contributed by atoms with Crippen LogP contribution in [0.25, 0.3) is 11.3 Å². The SMILES string of the molecule is C=CCOCC(O)CN(CCC)Cc1c(-c2ccccc2)nn(C)c1Oc1ccc(F)cc1. The van der Waals surface area contributed by atoms with Crippen molar-refractivity contribution >= 4 is 0 Å². The highest BCUT2D eigenvalue weighted by molar-refractivity contribution is 5.65. The van der Waals surface area contributed by atoms with Gasteiger partial charge in [0, 0.05) is 25.7 Å². The number of ether oxygens (including phenoxy) is 2. The number of halogens is 1. The fraction of sp³-hybridized carbons (Fsp3) is 0.346. The lowest BCUT2D eigenvalue weighted by atomic mass is 10.1. The van der Waals surface area contributed by atoms with Gasteiger partial charge in [0.05, 0.1) is 24.9 Å². The molecule has 6 nitrogen and oxygen atoms in total. The van der Waals surface area contributed by atoms with Crippen LogP contribution in [0.4, 0.5) is 4.39 Å². The Morgan fingerprint density at radius 1 is 1.18 bits per heavy atom. The molecule has 3 rings (SSSR count). The quantitative estimate of drug-likeness (QED) is 0.298. The number of hydrogen-bond acceptors (Lipinski definition) is 5. The van der Waals surface area contributed by atoms with E-state index in [1.54, 1.807) is 22.9 Å². The molecule has 1 unspecified atom stereocenters. The molecule has 1 aromatic heterocycles. The number of aliphatic hydroxyl groups excluding tert-OH is 1. The maximum atomic E-state index is 13.4. The van der Waals surface area contributed by atoms with E-state index < -0.39 is 6.10 Å². The molecule has 1 heterocycles. The van der Waals surface area contributed by atoms with Gasteiger partial charge in [-0.15, -0.1) is 6.58 Å². The fourth-order valence-corrected chi connectivity index (χ4v) is 3.68. The van der Waals surface area contributed by atoms with Crippen LogP contribution in [0, 0.1) is 5.82 Å². The molecular weight excluding hydrogens is 421 g/mol. The van der Waals surface area contributed by atoms with Crippen LogP contribution in [0.15, 0.2) is 67.3 Å². The number of rotatable bonds is 13. The normalized spacial score (nSPS) is 12.2. The van der Waals surface area contributed by atoms with Crippen molar-refractivity contribution in [3.8, 4) is 22.9 Å². The van der Waals surface area contributed by atoms with Gasteiger partial charge in [-0.05, 0) is 37.2 Å². The average Bonchev–Trinajstić information content (AvgIpc) is 3.11. The van der Waals surface area contributed by atoms with Crippen LogP contribution in [-0.4, -0.2) is 52.2 Å². The maximum absolute atomic E-state index is 13.4. The molecule has 0 fully saturated rings. The van der Waals surface area contributed by atoms with Crippen molar-refractivity contribution in [1.29, 1.82) is 0 Å². The van der Waals surface area contributed by atoms with E-state index in [2.05, 4.69) is 18.4 Å². The summed E-state index contributed by atoms with van der Waals surface area (Å²) in [6.07, 6.45) is 1.96. The summed E-state index contributed by atoms with van der Waals surface area (Å²) >= 11 is 0. The Labute approximate surface area is 194 Å². The summed E-state index contributed by atoms with van der Waals surface area (Å²) in [6.45, 7) is 8.14. The monoisotopic (exact) mass is 453 g/mol. The summed E-state index contributed by atoms with van der Waals surface area (Å²) in [5, 5.41) is 15.2. The van der Waals surface area contributed by atoms with Crippen molar-refractivity contribution in [2.45, 2.75) is 26.0 Å². The minimum absolute atomic E-state index is 0.240. The zero-order valence-electron chi connectivity index (χ0n) is 19.3. The van der Waals surface area contributed by atoms with Gasteiger partial charge >= 0.3 is 0 Å². The summed E-state index contributed by atoms with van der Waals surface area (Å²) in [7, 11) is 1.83. The van der Waals surface area contributed by atoms with Gasteiger partial charge in [0.2, 0.25) is 5.88 Å². The van der Waals surface area contributed by atoms with Gasteiger partial charge in [0.25, 0.3) is 0 Å². The smallest absolute Gasteiger partial charge is 0.222 e. The molecular formula is C26H32FN3O3. The first-order valence-corrected chi connectivity index (χ1v) is 11.2. The summed E-state index contributed by atoms with van der Waals surface area (Å²) in [6, 6.07) is 15.9. The average molecular weight is 454 g/mol. The van der Waals surface area contributed by atoms with Crippen LogP contribution in [0.1, 0.15) is 18.9 Å². The Bertz CT molecular complexity index is 1010. The van der Waals surface area contributed by atoms with Crippen LogP contribution < -0.4 is 4.74 Å². The highest BCUT2D eigenvalue weighted by Crippen LogP contribution is 2.34. The summed E-state index contributed by atoms with van der Waals surface area (Å²) in [5.74, 6) is 0.790. The van der Waals surface area contributed by atoms with Crippen LogP contribution in [0.5, 0.6) is 11.6 Å². The Morgan fingerprint density at radius 2 is 1.91 bits per heavy atom. The Morgan fingerprint density at radius 3 is 2.58 bits per heavy atom. The van der Waals surface area contributed by atoms with E-state index in [-0.39, 0.29) is 12.4 Å². The van der Waals surface area contributed by atoms with Gasteiger partial charge in [0.15, 0.2) is 0 Å². The highest BCUT2D eigenvalue weighted by Gasteiger charge is 2.23. The topological polar surface area (TPSA) is 59.8 Å². The number of aliphatic hydroxyl groups is 1. The molecule has 2 aromatic carbocycles. The summed E-state index contributed by atoms with van der Waals surface area (Å²) < 4.78 is 26.7. The van der Waals surface area contributed by atoms with Crippen molar-refractivity contribution in [2.24, 2.45) is 7.05 Å². The number of hydrogen-bond donors (Lipinski definition) is 1. The van der Waals surface area contributed by atoms with Crippen LogP contribution >= 0.6 is 0 Å². The molecule has 0 bridgehead atoms. The van der Waals surface area contributed by atoms with Crippen LogP contribution in [0.3, 0.4) is 0 Å². The summed E-state index contributed by atoms with van der Waals surface area (Å²) in [5.41, 5.74) is 2.69. The molecule has 0 saturated heterocycles. The molecule has 0 saturated carbocycles. The third kappa shape index (κ3) is 6.99. The highest BCUT2D eigenvalue weighted by atomic mass is 19.1. The molecule has 1 N–H and O–H groups in total. The van der Waals surface area contributed by atoms with E-state index in [1.807, 2.05) is 37.4 Å². The van der Waals surface area contributed by atoms with Gasteiger partial charge in [-0.3, -0.25) is 4.90 Å². The van der Waals surface area contributed by atoms with Gasteiger partial charge in [-0.2, -0.15) is 5.10 Å². The lowest BCUT2D eigenvalue weighted by Gasteiger charge is -2.25. The molecule has 0 aliphatic carbocycles. The van der Waals surface area contributed by atoms with E-state index in [9.17, 15) is 9.50 Å². The zero-order valence-corrected chi connectivity index (χ0v) is 19.3. The van der Waals surface area contributed by atoms with Gasteiger partial charge < -0.3 is 14.6 Å². The zero-order chi connectivity index (χ0) is 23.6. The minimum Gasteiger partial charge on any atom is -0.439 e. The van der Waals surface area contributed by atoms with Crippen molar-refractivity contribution in [1.82, 2.24) is 14.7 Å². The number of aryl methyl sites for hydroxylation is 1. The van der Waals surface area contributed by atoms with Crippen LogP contribution in [-0.2, 0) is 18.3 Å². The Balaban J connectivity index is 1.91. The van der Waals surface area contributed by atoms with Crippen molar-refractivity contribution < 1.29 is 19.0 Å². The van der Waals surface area contributed by atoms with Gasteiger partial charge in [0.1, 0.15) is 17.3 Å². The Kier molecular flexibility index (Phi) is 9.18. The molecule has 3 aromatic rings. The van der Waals surface area contributed by atoms with Gasteiger partial charge in [-0.25, -0.2) is 9.07 Å². The van der Waals surface area contributed by atoms with E-state index in [0.717, 1.165) is 29.8 Å². The van der Waals surface area contributed by atoms with Crippen molar-refractivity contribution in [2.75, 3.05) is 26.3 Å². The van der Waals surface area contributed by atoms with E-state index in [1.165, 1.54) is 12.1 Å². The molecule has 7 heteroatoms. The second kappa shape index (κ2) is 12.3. The molecule has 0 spiro atoms. The fourth-order valence-electron chi connectivity index (χ4n) is 3.68. The maximum Gasteiger partial charge on any atom is 0.222 e. The first kappa shape index (κ1) is 24.6. The largest absolute Gasteiger partial charge is 0.439 e. The first-order valence-electron chi connectivity index (χ1n) is 11.2. The summed E-state index contributed by atoms with van der Waals surface area (Å²) in [4.78, 5) is 2.17. The van der Waals surface area contributed by atoms with Crippen LogP contribution in [0.2, 0.25) is 0 Å². The van der Waals surface area contributed by atoms with E-state index in [4.69, 9.17) is 14.6 Å². The van der Waals surface area contributed by atoms with Crippen molar-refractivity contribution in [3.63, 3.8) is 0 Å². The molecule has 0 radical (unpaired) electrons. The third-order valence-electron chi connectivity index (χ3n) is 5.10. The minimum atomic E-state index is -0.630. The van der Waals surface area contributed by atoms with E-state index >= 15 is 0 Å².